The lowest BCUT2D eigenvalue weighted by Gasteiger charge is -2.07. The van der Waals surface area contributed by atoms with Gasteiger partial charge in [0.05, 0.1) is 6.42 Å². The topological polar surface area (TPSA) is 77.8 Å². The molecule has 0 spiro atoms. The Balaban J connectivity index is 2.66. The van der Waals surface area contributed by atoms with Gasteiger partial charge in [0.1, 0.15) is 11.5 Å². The largest absolute Gasteiger partial charge is 0.508 e. The summed E-state index contributed by atoms with van der Waals surface area (Å²) >= 11 is 0. The molecule has 98 valence electrons. The maximum absolute atomic E-state index is 10.4. The van der Waals surface area contributed by atoms with Crippen molar-refractivity contribution in [2.24, 2.45) is 0 Å². The van der Waals surface area contributed by atoms with Gasteiger partial charge in [-0.15, -0.1) is 0 Å². The Morgan fingerprint density at radius 2 is 1.94 bits per heavy atom. The third-order valence-electron chi connectivity index (χ3n) is 2.81. The summed E-state index contributed by atoms with van der Waals surface area (Å²) in [6.07, 6.45) is 2.90. The summed E-state index contributed by atoms with van der Waals surface area (Å²) < 4.78 is 0. The van der Waals surface area contributed by atoms with E-state index in [-0.39, 0.29) is 17.9 Å². The van der Waals surface area contributed by atoms with Crippen LogP contribution in [0.5, 0.6) is 11.5 Å². The first-order valence-electron chi connectivity index (χ1n) is 5.79. The van der Waals surface area contributed by atoms with Gasteiger partial charge >= 0.3 is 5.97 Å². The van der Waals surface area contributed by atoms with Gasteiger partial charge in [-0.25, -0.2) is 0 Å². The van der Waals surface area contributed by atoms with Crippen molar-refractivity contribution < 1.29 is 20.1 Å². The number of aliphatic carboxylic acids is 1. The average molecular weight is 250 g/mol. The van der Waals surface area contributed by atoms with Crippen LogP contribution >= 0.6 is 0 Å². The Labute approximate surface area is 106 Å². The first kappa shape index (κ1) is 14.1. The van der Waals surface area contributed by atoms with E-state index in [1.165, 1.54) is 6.07 Å². The molecule has 0 aromatic heterocycles. The Hall–Kier alpha value is -1.97. The summed E-state index contributed by atoms with van der Waals surface area (Å²) in [4.78, 5) is 10.4. The van der Waals surface area contributed by atoms with Crippen LogP contribution in [0, 0.1) is 6.92 Å². The molecular formula is C14H18O4. The van der Waals surface area contributed by atoms with E-state index in [0.717, 1.165) is 5.57 Å². The Bertz CT molecular complexity index is 475. The molecule has 0 radical (unpaired) electrons. The van der Waals surface area contributed by atoms with Crippen molar-refractivity contribution in [2.45, 2.75) is 33.1 Å². The molecule has 3 N–H and O–H groups in total. The molecule has 0 heterocycles. The molecule has 0 saturated heterocycles. The molecule has 0 fully saturated rings. The summed E-state index contributed by atoms with van der Waals surface area (Å²) in [5, 5.41) is 27.8. The number of aryl methyl sites for hydroxylation is 2. The number of carboxylic acid groups (broad SMARTS) is 1. The smallest absolute Gasteiger partial charge is 0.307 e. The van der Waals surface area contributed by atoms with Crippen molar-refractivity contribution in [3.63, 3.8) is 0 Å². The van der Waals surface area contributed by atoms with Crippen molar-refractivity contribution in [3.05, 3.63) is 34.9 Å². The second-order valence-corrected chi connectivity index (χ2v) is 4.42. The van der Waals surface area contributed by atoms with Gasteiger partial charge in [0.2, 0.25) is 0 Å². The highest BCUT2D eigenvalue weighted by Crippen LogP contribution is 2.28. The van der Waals surface area contributed by atoms with Crippen molar-refractivity contribution >= 4 is 5.97 Å². The summed E-state index contributed by atoms with van der Waals surface area (Å²) in [6.45, 7) is 3.57. The molecule has 0 aliphatic carbocycles. The number of phenolic OH excluding ortho intramolecular Hbond substituents is 2. The first-order valence-corrected chi connectivity index (χ1v) is 5.79. The molecule has 1 aromatic carbocycles. The number of rotatable bonds is 5. The van der Waals surface area contributed by atoms with Gasteiger partial charge in [-0.05, 0) is 49.9 Å². The van der Waals surface area contributed by atoms with Gasteiger partial charge in [-0.2, -0.15) is 0 Å². The van der Waals surface area contributed by atoms with E-state index in [0.29, 0.717) is 24.0 Å². The zero-order valence-corrected chi connectivity index (χ0v) is 10.6. The number of carbonyl (C=O) groups is 1. The number of hydrogen-bond acceptors (Lipinski definition) is 3. The lowest BCUT2D eigenvalue weighted by Crippen LogP contribution is -1.93. The maximum atomic E-state index is 10.4. The fraction of sp³-hybridized carbons (Fsp3) is 0.357. The van der Waals surface area contributed by atoms with Gasteiger partial charge in [0, 0.05) is 0 Å². The van der Waals surface area contributed by atoms with Crippen LogP contribution < -0.4 is 0 Å². The highest BCUT2D eigenvalue weighted by molar-refractivity contribution is 5.68. The normalized spacial score (nSPS) is 11.6. The monoisotopic (exact) mass is 250 g/mol. The second kappa shape index (κ2) is 6.10. The van der Waals surface area contributed by atoms with Crippen LogP contribution in [-0.2, 0) is 11.2 Å². The number of benzene rings is 1. The predicted molar refractivity (Wildman–Crippen MR) is 68.8 cm³/mol. The van der Waals surface area contributed by atoms with E-state index >= 15 is 0 Å². The number of hydrogen-bond donors (Lipinski definition) is 3. The molecular weight excluding hydrogens is 232 g/mol. The van der Waals surface area contributed by atoms with Crippen molar-refractivity contribution in [3.8, 4) is 11.5 Å². The van der Waals surface area contributed by atoms with Gasteiger partial charge in [0.15, 0.2) is 0 Å². The fourth-order valence-electron chi connectivity index (χ4n) is 1.62. The van der Waals surface area contributed by atoms with Crippen LogP contribution in [0.15, 0.2) is 23.8 Å². The van der Waals surface area contributed by atoms with Gasteiger partial charge in [-0.1, -0.05) is 11.6 Å². The lowest BCUT2D eigenvalue weighted by atomic mass is 10.0. The molecule has 0 unspecified atom stereocenters. The summed E-state index contributed by atoms with van der Waals surface area (Å²) in [7, 11) is 0. The zero-order valence-electron chi connectivity index (χ0n) is 10.6. The zero-order chi connectivity index (χ0) is 13.7. The molecule has 4 nitrogen and oxygen atoms in total. The fourth-order valence-corrected chi connectivity index (χ4v) is 1.62. The number of allylic oxidation sites excluding steroid dienone is 1. The van der Waals surface area contributed by atoms with Crippen LogP contribution in [0.2, 0.25) is 0 Å². The van der Waals surface area contributed by atoms with E-state index in [4.69, 9.17) is 5.11 Å². The van der Waals surface area contributed by atoms with E-state index in [1.54, 1.807) is 19.1 Å². The predicted octanol–water partition coefficient (Wildman–Crippen LogP) is 2.76. The Morgan fingerprint density at radius 3 is 2.56 bits per heavy atom. The average Bonchev–Trinajstić information content (AvgIpc) is 2.29. The molecule has 0 amide bonds. The Morgan fingerprint density at radius 1 is 1.28 bits per heavy atom. The molecule has 1 rings (SSSR count). The number of aromatic hydroxyl groups is 2. The SMILES string of the molecule is C/C(=C\CC(=O)O)CCc1cc(O)c(C)cc1O. The van der Waals surface area contributed by atoms with Gasteiger partial charge < -0.3 is 15.3 Å². The highest BCUT2D eigenvalue weighted by Gasteiger charge is 2.06. The van der Waals surface area contributed by atoms with Crippen LogP contribution in [0.3, 0.4) is 0 Å². The van der Waals surface area contributed by atoms with Gasteiger partial charge in [0.25, 0.3) is 0 Å². The van der Waals surface area contributed by atoms with E-state index in [1.807, 2.05) is 6.92 Å². The summed E-state index contributed by atoms with van der Waals surface area (Å²) in [5.74, 6) is -0.531. The minimum absolute atomic E-state index is 0.0109. The van der Waals surface area contributed by atoms with E-state index in [2.05, 4.69) is 0 Å². The van der Waals surface area contributed by atoms with Crippen LogP contribution in [0.25, 0.3) is 0 Å². The number of carboxylic acids is 1. The van der Waals surface area contributed by atoms with Crippen LogP contribution in [-0.4, -0.2) is 21.3 Å². The summed E-state index contributed by atoms with van der Waals surface area (Å²) in [6, 6.07) is 3.08. The highest BCUT2D eigenvalue weighted by atomic mass is 16.4. The second-order valence-electron chi connectivity index (χ2n) is 4.42. The molecule has 0 aliphatic rings. The summed E-state index contributed by atoms with van der Waals surface area (Å²) in [5.41, 5.74) is 2.26. The molecule has 0 saturated carbocycles. The minimum Gasteiger partial charge on any atom is -0.508 e. The third kappa shape index (κ3) is 4.13. The third-order valence-corrected chi connectivity index (χ3v) is 2.81. The molecule has 1 aromatic rings. The van der Waals surface area contributed by atoms with Gasteiger partial charge in [-0.3, -0.25) is 4.79 Å². The van der Waals surface area contributed by atoms with Crippen LogP contribution in [0.4, 0.5) is 0 Å². The molecule has 0 bridgehead atoms. The molecule has 18 heavy (non-hydrogen) atoms. The quantitative estimate of drug-likeness (QED) is 0.554. The minimum atomic E-state index is -0.856. The van der Waals surface area contributed by atoms with Crippen LogP contribution in [0.1, 0.15) is 30.9 Å². The van der Waals surface area contributed by atoms with E-state index in [9.17, 15) is 15.0 Å². The number of phenols is 2. The standard InChI is InChI=1S/C14H18O4/c1-9(4-6-14(17)18)3-5-11-8-12(15)10(2)7-13(11)16/h4,7-8,15-16H,3,5-6H2,1-2H3,(H,17,18)/b9-4+. The maximum Gasteiger partial charge on any atom is 0.307 e. The van der Waals surface area contributed by atoms with Crippen molar-refractivity contribution in [1.82, 2.24) is 0 Å². The van der Waals surface area contributed by atoms with Crippen molar-refractivity contribution in [1.29, 1.82) is 0 Å². The van der Waals surface area contributed by atoms with Crippen molar-refractivity contribution in [2.75, 3.05) is 0 Å². The Kier molecular flexibility index (Phi) is 4.77. The van der Waals surface area contributed by atoms with E-state index < -0.39 is 5.97 Å². The first-order chi connectivity index (χ1) is 8.40. The molecule has 4 heteroatoms. The lowest BCUT2D eigenvalue weighted by molar-refractivity contribution is -0.136. The molecule has 0 atom stereocenters. The molecule has 0 aliphatic heterocycles.